The number of carbonyl (C=O) groups excluding carboxylic acids is 1. The third kappa shape index (κ3) is 5.68. The first-order valence-electron chi connectivity index (χ1n) is 6.12. The Morgan fingerprint density at radius 2 is 1.85 bits per heavy atom. The average molecular weight is 301 g/mol. The van der Waals surface area contributed by atoms with Crippen molar-refractivity contribution in [3.63, 3.8) is 0 Å². The van der Waals surface area contributed by atoms with Crippen molar-refractivity contribution in [2.24, 2.45) is 5.92 Å². The van der Waals surface area contributed by atoms with Gasteiger partial charge in [0.15, 0.2) is 0 Å². The van der Waals surface area contributed by atoms with Gasteiger partial charge in [0.25, 0.3) is 0 Å². The molecule has 112 valence electrons. The van der Waals surface area contributed by atoms with Crippen molar-refractivity contribution in [3.8, 4) is 0 Å². The molecule has 0 aliphatic heterocycles. The first-order chi connectivity index (χ1) is 9.34. The molecule has 0 fully saturated rings. The second-order valence-corrected chi connectivity index (χ2v) is 6.42. The number of esters is 1. The number of nitrogens with one attached hydrogen (secondary N) is 1. The fraction of sp³-hybridized carbons (Fsp3) is 0.462. The summed E-state index contributed by atoms with van der Waals surface area (Å²) in [5.74, 6) is -0.443. The summed E-state index contributed by atoms with van der Waals surface area (Å²) in [6.07, 6.45) is 0. The van der Waals surface area contributed by atoms with Gasteiger partial charge in [0.1, 0.15) is 0 Å². The van der Waals surface area contributed by atoms with E-state index in [-0.39, 0.29) is 11.7 Å². The molecule has 6 nitrogen and oxygen atoms in total. The van der Waals surface area contributed by atoms with Crippen LogP contribution in [0.5, 0.6) is 0 Å². The summed E-state index contributed by atoms with van der Waals surface area (Å²) in [4.78, 5) is 18.2. The zero-order valence-corrected chi connectivity index (χ0v) is 12.6. The summed E-state index contributed by atoms with van der Waals surface area (Å²) in [5, 5.41) is 0. The van der Waals surface area contributed by atoms with Gasteiger partial charge in [0.05, 0.1) is 25.0 Å². The van der Waals surface area contributed by atoms with E-state index in [1.165, 1.54) is 19.2 Å². The van der Waals surface area contributed by atoms with Gasteiger partial charge in [-0.2, -0.15) is 0 Å². The first-order valence-corrected chi connectivity index (χ1v) is 7.78. The highest BCUT2D eigenvalue weighted by atomic mass is 32.2. The zero-order valence-electron chi connectivity index (χ0n) is 11.8. The van der Waals surface area contributed by atoms with Crippen LogP contribution in [0.25, 0.3) is 0 Å². The fourth-order valence-corrected chi connectivity index (χ4v) is 2.33. The molecule has 1 N–H and O–H groups in total. The SMILES string of the molecule is COC(=O)c1ccc(CS(=O)(=O)NOCC(C)C)cc1. The Hall–Kier alpha value is -1.44. The van der Waals surface area contributed by atoms with Crippen LogP contribution in [0.1, 0.15) is 29.8 Å². The van der Waals surface area contributed by atoms with E-state index in [2.05, 4.69) is 9.62 Å². The van der Waals surface area contributed by atoms with Crippen molar-refractivity contribution in [1.29, 1.82) is 0 Å². The summed E-state index contributed by atoms with van der Waals surface area (Å²) in [6, 6.07) is 6.17. The van der Waals surface area contributed by atoms with Crippen LogP contribution in [0.4, 0.5) is 0 Å². The normalized spacial score (nSPS) is 11.6. The van der Waals surface area contributed by atoms with Crippen LogP contribution in [0.2, 0.25) is 0 Å². The van der Waals surface area contributed by atoms with E-state index in [4.69, 9.17) is 4.84 Å². The van der Waals surface area contributed by atoms with Crippen molar-refractivity contribution >= 4 is 16.0 Å². The number of ether oxygens (including phenoxy) is 1. The van der Waals surface area contributed by atoms with Gasteiger partial charge in [0, 0.05) is 0 Å². The molecule has 20 heavy (non-hydrogen) atoms. The van der Waals surface area contributed by atoms with E-state index < -0.39 is 16.0 Å². The third-order valence-electron chi connectivity index (χ3n) is 2.33. The number of carbonyl (C=O) groups is 1. The van der Waals surface area contributed by atoms with E-state index in [1.54, 1.807) is 12.1 Å². The maximum atomic E-state index is 11.7. The molecule has 7 heteroatoms. The lowest BCUT2D eigenvalue weighted by Crippen LogP contribution is -2.27. The van der Waals surface area contributed by atoms with E-state index in [1.807, 2.05) is 13.8 Å². The van der Waals surface area contributed by atoms with Crippen molar-refractivity contribution < 1.29 is 22.8 Å². The number of hydrogen-bond acceptors (Lipinski definition) is 5. The molecule has 0 aliphatic rings. The smallest absolute Gasteiger partial charge is 0.337 e. The second kappa shape index (κ2) is 7.37. The largest absolute Gasteiger partial charge is 0.465 e. The van der Waals surface area contributed by atoms with Crippen molar-refractivity contribution in [2.45, 2.75) is 19.6 Å². The topological polar surface area (TPSA) is 81.7 Å². The molecule has 0 atom stereocenters. The van der Waals surface area contributed by atoms with Gasteiger partial charge in [-0.05, 0) is 23.6 Å². The Kier molecular flexibility index (Phi) is 6.12. The summed E-state index contributed by atoms with van der Waals surface area (Å²) in [6.45, 7) is 4.14. The standard InChI is InChI=1S/C13H19NO5S/c1-10(2)8-19-14-20(16,17)9-11-4-6-12(7-5-11)13(15)18-3/h4-7,10,14H,8-9H2,1-3H3. The number of methoxy groups -OCH3 is 1. The highest BCUT2D eigenvalue weighted by molar-refractivity contribution is 7.88. The van der Waals surface area contributed by atoms with Gasteiger partial charge < -0.3 is 4.74 Å². The molecule has 0 heterocycles. The number of sulfonamides is 1. The minimum absolute atomic E-state index is 0.216. The van der Waals surface area contributed by atoms with Crippen molar-refractivity contribution in [2.75, 3.05) is 13.7 Å². The Labute approximate surface area is 119 Å². The molecule has 0 spiro atoms. The molecule has 0 saturated heterocycles. The first kappa shape index (κ1) is 16.6. The molecule has 1 aromatic carbocycles. The molecule has 0 aromatic heterocycles. The maximum absolute atomic E-state index is 11.7. The van der Waals surface area contributed by atoms with Crippen LogP contribution in [-0.4, -0.2) is 28.1 Å². The van der Waals surface area contributed by atoms with Crippen molar-refractivity contribution in [1.82, 2.24) is 4.89 Å². The highest BCUT2D eigenvalue weighted by Gasteiger charge is 2.13. The van der Waals surface area contributed by atoms with Crippen LogP contribution in [0.15, 0.2) is 24.3 Å². The van der Waals surface area contributed by atoms with Gasteiger partial charge in [-0.3, -0.25) is 4.84 Å². The third-order valence-corrected chi connectivity index (χ3v) is 3.42. The molecule has 1 aromatic rings. The minimum atomic E-state index is -3.56. The summed E-state index contributed by atoms with van der Waals surface area (Å²) >= 11 is 0. The molecular formula is C13H19NO5S. The van der Waals surface area contributed by atoms with Gasteiger partial charge in [-0.15, -0.1) is 0 Å². The predicted octanol–water partition coefficient (Wildman–Crippen LogP) is 1.48. The molecule has 0 amide bonds. The van der Waals surface area contributed by atoms with Crippen LogP contribution in [-0.2, 0) is 25.4 Å². The fourth-order valence-electron chi connectivity index (χ4n) is 1.39. The van der Waals surface area contributed by atoms with E-state index >= 15 is 0 Å². The van der Waals surface area contributed by atoms with Gasteiger partial charge >= 0.3 is 5.97 Å². The monoisotopic (exact) mass is 301 g/mol. The Bertz CT molecular complexity index is 536. The molecule has 0 bridgehead atoms. The number of benzene rings is 1. The van der Waals surface area contributed by atoms with Crippen LogP contribution < -0.4 is 4.89 Å². The lowest BCUT2D eigenvalue weighted by molar-refractivity contribution is 0.0600. The predicted molar refractivity (Wildman–Crippen MR) is 74.3 cm³/mol. The summed E-state index contributed by atoms with van der Waals surface area (Å²) < 4.78 is 28.0. The highest BCUT2D eigenvalue weighted by Crippen LogP contribution is 2.09. The van der Waals surface area contributed by atoms with Crippen LogP contribution in [0, 0.1) is 5.92 Å². The zero-order chi connectivity index (χ0) is 15.2. The Morgan fingerprint density at radius 1 is 1.25 bits per heavy atom. The van der Waals surface area contributed by atoms with Crippen LogP contribution in [0.3, 0.4) is 0 Å². The van der Waals surface area contributed by atoms with E-state index in [9.17, 15) is 13.2 Å². The van der Waals surface area contributed by atoms with E-state index in [0.29, 0.717) is 17.7 Å². The van der Waals surface area contributed by atoms with E-state index in [0.717, 1.165) is 0 Å². The van der Waals surface area contributed by atoms with Crippen LogP contribution >= 0.6 is 0 Å². The lowest BCUT2D eigenvalue weighted by atomic mass is 10.1. The summed E-state index contributed by atoms with van der Waals surface area (Å²) in [7, 11) is -2.27. The molecule has 0 unspecified atom stereocenters. The average Bonchev–Trinajstić information content (AvgIpc) is 2.37. The maximum Gasteiger partial charge on any atom is 0.337 e. The Morgan fingerprint density at radius 3 is 2.35 bits per heavy atom. The van der Waals surface area contributed by atoms with Gasteiger partial charge in [0.2, 0.25) is 10.0 Å². The minimum Gasteiger partial charge on any atom is -0.465 e. The Balaban J connectivity index is 2.61. The number of rotatable bonds is 7. The lowest BCUT2D eigenvalue weighted by Gasteiger charge is -2.09. The molecule has 0 saturated carbocycles. The second-order valence-electron chi connectivity index (χ2n) is 4.74. The van der Waals surface area contributed by atoms with Crippen molar-refractivity contribution in [3.05, 3.63) is 35.4 Å². The number of hydrogen-bond donors (Lipinski definition) is 1. The summed E-state index contributed by atoms with van der Waals surface area (Å²) in [5.41, 5.74) is 0.927. The van der Waals surface area contributed by atoms with Gasteiger partial charge in [-0.25, -0.2) is 13.2 Å². The molecule has 0 aliphatic carbocycles. The molecular weight excluding hydrogens is 282 g/mol. The molecule has 0 radical (unpaired) electrons. The molecule has 1 rings (SSSR count). The van der Waals surface area contributed by atoms with Gasteiger partial charge in [-0.1, -0.05) is 30.9 Å². The quantitative estimate of drug-likeness (QED) is 0.609.